The molecular formula is C30H32ClF2NOS. The molecule has 0 amide bonds. The van der Waals surface area contributed by atoms with Crippen LogP contribution < -0.4 is 4.74 Å². The van der Waals surface area contributed by atoms with Crippen LogP contribution in [0.15, 0.2) is 29.3 Å². The van der Waals surface area contributed by atoms with Gasteiger partial charge in [-0.05, 0) is 98.3 Å². The topological polar surface area (TPSA) is 21.6 Å². The van der Waals surface area contributed by atoms with Crippen molar-refractivity contribution < 1.29 is 13.5 Å². The molecule has 0 spiro atoms. The molecule has 2 nitrogen and oxygen atoms in total. The maximum absolute atomic E-state index is 15.2. The molecule has 1 saturated carbocycles. The van der Waals surface area contributed by atoms with E-state index in [4.69, 9.17) is 16.3 Å². The van der Waals surface area contributed by atoms with Crippen molar-refractivity contribution in [3.05, 3.63) is 57.6 Å². The van der Waals surface area contributed by atoms with Gasteiger partial charge in [0.05, 0.1) is 28.0 Å². The maximum Gasteiger partial charge on any atom is 0.145 e. The van der Waals surface area contributed by atoms with Crippen molar-refractivity contribution in [1.82, 2.24) is 0 Å². The third-order valence-corrected chi connectivity index (χ3v) is 7.90. The summed E-state index contributed by atoms with van der Waals surface area (Å²) in [5.74, 6) is 6.89. The van der Waals surface area contributed by atoms with Gasteiger partial charge in [0.1, 0.15) is 17.4 Å². The van der Waals surface area contributed by atoms with Gasteiger partial charge >= 0.3 is 0 Å². The first-order valence-corrected chi connectivity index (χ1v) is 13.8. The van der Waals surface area contributed by atoms with E-state index in [0.29, 0.717) is 46.9 Å². The molecule has 36 heavy (non-hydrogen) atoms. The Morgan fingerprint density at radius 1 is 1.11 bits per heavy atom. The smallest absolute Gasteiger partial charge is 0.145 e. The fourth-order valence-corrected chi connectivity index (χ4v) is 5.67. The van der Waals surface area contributed by atoms with Crippen LogP contribution in [0.5, 0.6) is 5.75 Å². The lowest BCUT2D eigenvalue weighted by Crippen LogP contribution is -2.19. The van der Waals surface area contributed by atoms with Crippen LogP contribution in [0.25, 0.3) is 0 Å². The Labute approximate surface area is 223 Å². The molecule has 1 atom stereocenters. The van der Waals surface area contributed by atoms with E-state index >= 15 is 4.39 Å². The second kappa shape index (κ2) is 12.8. The van der Waals surface area contributed by atoms with Crippen molar-refractivity contribution in [1.29, 1.82) is 0 Å². The van der Waals surface area contributed by atoms with Crippen LogP contribution in [0, 0.1) is 41.2 Å². The number of fused-ring (bicyclic) bond motifs is 1. The number of isothiocyanates is 1. The average molecular weight is 528 g/mol. The fraction of sp³-hybridized carbons (Fsp3) is 0.500. The molecule has 0 N–H and O–H groups in total. The summed E-state index contributed by atoms with van der Waals surface area (Å²) >= 11 is 10.8. The first kappa shape index (κ1) is 26.8. The van der Waals surface area contributed by atoms with E-state index in [-0.39, 0.29) is 11.5 Å². The number of thiocarbonyl (C=S) groups is 1. The van der Waals surface area contributed by atoms with E-state index in [1.54, 1.807) is 12.1 Å². The number of ether oxygens (including phenoxy) is 1. The number of rotatable bonds is 7. The molecule has 0 saturated heterocycles. The van der Waals surface area contributed by atoms with Gasteiger partial charge in [-0.15, -0.1) is 0 Å². The zero-order valence-corrected chi connectivity index (χ0v) is 22.3. The first-order valence-electron chi connectivity index (χ1n) is 13.0. The van der Waals surface area contributed by atoms with Gasteiger partial charge in [0.25, 0.3) is 0 Å². The van der Waals surface area contributed by atoms with Gasteiger partial charge < -0.3 is 4.74 Å². The Balaban J connectivity index is 1.31. The minimum absolute atomic E-state index is 0.0514. The summed E-state index contributed by atoms with van der Waals surface area (Å²) in [5.41, 5.74) is 2.04. The Bertz CT molecular complexity index is 1190. The zero-order chi connectivity index (χ0) is 25.5. The summed E-state index contributed by atoms with van der Waals surface area (Å²) in [4.78, 5) is 3.91. The zero-order valence-electron chi connectivity index (χ0n) is 20.7. The molecule has 2 aromatic rings. The Morgan fingerprint density at radius 3 is 2.64 bits per heavy atom. The summed E-state index contributed by atoms with van der Waals surface area (Å²) in [5, 5.41) is 2.78. The van der Waals surface area contributed by atoms with Gasteiger partial charge in [-0.1, -0.05) is 49.6 Å². The molecule has 1 fully saturated rings. The second-order valence-electron chi connectivity index (χ2n) is 10.1. The van der Waals surface area contributed by atoms with Crippen LogP contribution in [-0.4, -0.2) is 11.8 Å². The molecule has 0 heterocycles. The summed E-state index contributed by atoms with van der Waals surface area (Å²) in [6, 6.07) is 6.85. The van der Waals surface area contributed by atoms with Gasteiger partial charge in [0, 0.05) is 12.0 Å². The minimum Gasteiger partial charge on any atom is -0.493 e. The van der Waals surface area contributed by atoms with Gasteiger partial charge in [0.2, 0.25) is 0 Å². The van der Waals surface area contributed by atoms with Gasteiger partial charge in [-0.25, -0.2) is 8.78 Å². The van der Waals surface area contributed by atoms with Gasteiger partial charge in [-0.3, -0.25) is 0 Å². The highest BCUT2D eigenvalue weighted by Crippen LogP contribution is 2.34. The number of hydrogen-bond acceptors (Lipinski definition) is 3. The van der Waals surface area contributed by atoms with Crippen LogP contribution in [0.1, 0.15) is 75.0 Å². The molecule has 0 aromatic heterocycles. The number of unbranched alkanes of at least 4 members (excludes halogenated alkanes) is 1. The highest BCUT2D eigenvalue weighted by atomic mass is 35.5. The van der Waals surface area contributed by atoms with E-state index in [1.807, 2.05) is 6.07 Å². The first-order chi connectivity index (χ1) is 17.5. The molecule has 1 unspecified atom stereocenters. The molecule has 4 rings (SSSR count). The van der Waals surface area contributed by atoms with Crippen LogP contribution >= 0.6 is 23.8 Å². The predicted molar refractivity (Wildman–Crippen MR) is 145 cm³/mol. The average Bonchev–Trinajstić information content (AvgIpc) is 2.88. The quantitative estimate of drug-likeness (QED) is 0.204. The third-order valence-electron chi connectivity index (χ3n) is 7.51. The summed E-state index contributed by atoms with van der Waals surface area (Å²) < 4.78 is 35.9. The summed E-state index contributed by atoms with van der Waals surface area (Å²) in [7, 11) is 0. The largest absolute Gasteiger partial charge is 0.493 e. The molecule has 0 bridgehead atoms. The van der Waals surface area contributed by atoms with Crippen molar-refractivity contribution >= 4 is 34.7 Å². The molecule has 0 radical (unpaired) electrons. The van der Waals surface area contributed by atoms with Crippen LogP contribution in [0.4, 0.5) is 14.5 Å². The van der Waals surface area contributed by atoms with Crippen LogP contribution in [0.2, 0.25) is 5.02 Å². The molecule has 2 aliphatic carbocycles. The van der Waals surface area contributed by atoms with Crippen molar-refractivity contribution in [3.63, 3.8) is 0 Å². The Morgan fingerprint density at radius 2 is 1.92 bits per heavy atom. The number of halogens is 3. The molecule has 190 valence electrons. The highest BCUT2D eigenvalue weighted by Gasteiger charge is 2.25. The lowest BCUT2D eigenvalue weighted by molar-refractivity contribution is 0.196. The molecular weight excluding hydrogens is 496 g/mol. The predicted octanol–water partition coefficient (Wildman–Crippen LogP) is 8.88. The van der Waals surface area contributed by atoms with Gasteiger partial charge in [-0.2, -0.15) is 4.99 Å². The number of aliphatic imine (C=N–C) groups is 1. The third kappa shape index (κ3) is 6.74. The lowest BCUT2D eigenvalue weighted by Gasteiger charge is -2.26. The van der Waals surface area contributed by atoms with E-state index in [0.717, 1.165) is 56.9 Å². The number of nitrogens with zero attached hydrogens (tertiary/aromatic N) is 1. The van der Waals surface area contributed by atoms with E-state index in [2.05, 4.69) is 41.1 Å². The van der Waals surface area contributed by atoms with E-state index in [1.165, 1.54) is 12.5 Å². The van der Waals surface area contributed by atoms with Crippen molar-refractivity contribution in [2.75, 3.05) is 6.61 Å². The number of benzene rings is 2. The summed E-state index contributed by atoms with van der Waals surface area (Å²) in [6.07, 6.45) is 9.64. The normalized spacial score (nSPS) is 21.1. The van der Waals surface area contributed by atoms with E-state index in [9.17, 15) is 4.39 Å². The molecule has 2 aliphatic rings. The van der Waals surface area contributed by atoms with Crippen LogP contribution in [-0.2, 0) is 12.8 Å². The minimum atomic E-state index is -0.516. The molecule has 6 heteroatoms. The SMILES string of the molecule is CCCCC1CCc2c(cc(F)c(C#CC3CCC(COc4ccc(N=C=S)c(Cl)c4)CC3)c2F)C1. The van der Waals surface area contributed by atoms with Gasteiger partial charge in [0.15, 0.2) is 0 Å². The van der Waals surface area contributed by atoms with Crippen molar-refractivity contribution in [3.8, 4) is 17.6 Å². The van der Waals surface area contributed by atoms with E-state index < -0.39 is 11.6 Å². The fourth-order valence-electron chi connectivity index (χ4n) is 5.36. The molecule has 2 aromatic carbocycles. The second-order valence-corrected chi connectivity index (χ2v) is 10.6. The monoisotopic (exact) mass is 527 g/mol. The van der Waals surface area contributed by atoms with Crippen LogP contribution in [0.3, 0.4) is 0 Å². The Hall–Kier alpha value is -2.25. The molecule has 0 aliphatic heterocycles. The standard InChI is InChI=1S/C30H32ClF2NOS/c1-2-3-4-21-10-12-25-23(15-21)16-28(32)26(30(25)33)13-9-20-5-7-22(8-6-20)18-35-24-11-14-29(34-19-36)27(31)17-24/h11,14,16-17,20-22H,2-8,10,12,15,18H2,1H3. The summed E-state index contributed by atoms with van der Waals surface area (Å²) in [6.45, 7) is 2.78. The lowest BCUT2D eigenvalue weighted by atomic mass is 9.80. The van der Waals surface area contributed by atoms with Crippen molar-refractivity contribution in [2.45, 2.75) is 71.1 Å². The highest BCUT2D eigenvalue weighted by molar-refractivity contribution is 7.78. The Kier molecular flexibility index (Phi) is 9.54. The number of hydrogen-bond donors (Lipinski definition) is 0. The maximum atomic E-state index is 15.2. The van der Waals surface area contributed by atoms with Crippen molar-refractivity contribution in [2.24, 2.45) is 22.7 Å².